The number of aromatic nitrogens is 2. The Hall–Kier alpha value is -3.25. The van der Waals surface area contributed by atoms with Gasteiger partial charge in [-0.05, 0) is 18.1 Å². The van der Waals surface area contributed by atoms with Gasteiger partial charge in [-0.15, -0.1) is 0 Å². The fourth-order valence-electron chi connectivity index (χ4n) is 2.44. The van der Waals surface area contributed by atoms with Crippen LogP contribution in [0.2, 0.25) is 0 Å². The van der Waals surface area contributed by atoms with E-state index in [4.69, 9.17) is 0 Å². The molecule has 1 amide bonds. The highest BCUT2D eigenvalue weighted by atomic mass is 16.1. The quantitative estimate of drug-likeness (QED) is 0.573. The number of hydrogen-bond donors (Lipinski definition) is 3. The number of hydrogen-bond acceptors (Lipinski definition) is 5. The summed E-state index contributed by atoms with van der Waals surface area (Å²) in [5, 5.41) is 2.89. The number of carbonyl (C=O) groups excluding carboxylic acids is 1. The van der Waals surface area contributed by atoms with Gasteiger partial charge >= 0.3 is 0 Å². The first-order valence-corrected chi connectivity index (χ1v) is 8.41. The molecule has 1 aromatic heterocycles. The summed E-state index contributed by atoms with van der Waals surface area (Å²) in [6, 6.07) is 19.8. The SMILES string of the molecule is Cc1nc(NNCc2ccccc2)ncc1C(=O)NCc1ccccc1. The molecule has 132 valence electrons. The minimum atomic E-state index is -0.185. The molecule has 26 heavy (non-hydrogen) atoms. The highest BCUT2D eigenvalue weighted by molar-refractivity contribution is 5.94. The highest BCUT2D eigenvalue weighted by Crippen LogP contribution is 2.07. The number of anilines is 1. The van der Waals surface area contributed by atoms with E-state index in [1.807, 2.05) is 60.7 Å². The zero-order chi connectivity index (χ0) is 18.2. The van der Waals surface area contributed by atoms with E-state index in [2.05, 4.69) is 26.1 Å². The Kier molecular flexibility index (Phi) is 5.90. The van der Waals surface area contributed by atoms with Crippen LogP contribution in [0.5, 0.6) is 0 Å². The van der Waals surface area contributed by atoms with Crippen molar-refractivity contribution in [1.82, 2.24) is 20.7 Å². The Morgan fingerprint density at radius 2 is 1.54 bits per heavy atom. The average Bonchev–Trinajstić information content (AvgIpc) is 2.68. The Morgan fingerprint density at radius 3 is 2.15 bits per heavy atom. The lowest BCUT2D eigenvalue weighted by atomic mass is 10.2. The molecule has 0 aliphatic heterocycles. The summed E-state index contributed by atoms with van der Waals surface area (Å²) in [5.74, 6) is 0.244. The third kappa shape index (κ3) is 4.87. The van der Waals surface area contributed by atoms with Gasteiger partial charge in [0, 0.05) is 19.3 Å². The van der Waals surface area contributed by atoms with E-state index >= 15 is 0 Å². The van der Waals surface area contributed by atoms with Gasteiger partial charge in [0.25, 0.3) is 5.91 Å². The van der Waals surface area contributed by atoms with Crippen LogP contribution in [0.25, 0.3) is 0 Å². The average molecular weight is 347 g/mol. The molecular formula is C20H21N5O. The molecule has 0 radical (unpaired) electrons. The summed E-state index contributed by atoms with van der Waals surface area (Å²) in [5.41, 5.74) is 9.30. The normalized spacial score (nSPS) is 10.3. The molecule has 0 atom stereocenters. The molecule has 0 spiro atoms. The van der Waals surface area contributed by atoms with Crippen LogP contribution in [0.1, 0.15) is 27.2 Å². The smallest absolute Gasteiger partial charge is 0.254 e. The summed E-state index contributed by atoms with van der Waals surface area (Å²) in [7, 11) is 0. The zero-order valence-electron chi connectivity index (χ0n) is 14.6. The number of nitrogens with one attached hydrogen (secondary N) is 3. The lowest BCUT2D eigenvalue weighted by Crippen LogP contribution is -2.26. The molecule has 0 bridgehead atoms. The predicted octanol–water partition coefficient (Wildman–Crippen LogP) is 2.83. The number of hydrazine groups is 1. The number of benzene rings is 2. The van der Waals surface area contributed by atoms with Gasteiger partial charge in [-0.25, -0.2) is 15.4 Å². The molecule has 1 heterocycles. The van der Waals surface area contributed by atoms with Gasteiger partial charge in [-0.1, -0.05) is 60.7 Å². The monoisotopic (exact) mass is 347 g/mol. The van der Waals surface area contributed by atoms with Crippen molar-refractivity contribution < 1.29 is 4.79 Å². The van der Waals surface area contributed by atoms with Gasteiger partial charge in [0.2, 0.25) is 5.95 Å². The van der Waals surface area contributed by atoms with Crippen LogP contribution in [-0.2, 0) is 13.1 Å². The Morgan fingerprint density at radius 1 is 0.923 bits per heavy atom. The second kappa shape index (κ2) is 8.73. The second-order valence-electron chi connectivity index (χ2n) is 5.83. The number of nitrogens with zero attached hydrogens (tertiary/aromatic N) is 2. The van der Waals surface area contributed by atoms with Crippen LogP contribution in [0.4, 0.5) is 5.95 Å². The van der Waals surface area contributed by atoms with Gasteiger partial charge in [-0.3, -0.25) is 10.2 Å². The van der Waals surface area contributed by atoms with Crippen molar-refractivity contribution in [2.75, 3.05) is 5.43 Å². The van der Waals surface area contributed by atoms with Crippen molar-refractivity contribution in [3.63, 3.8) is 0 Å². The maximum Gasteiger partial charge on any atom is 0.254 e. The largest absolute Gasteiger partial charge is 0.348 e. The number of rotatable bonds is 7. The maximum absolute atomic E-state index is 12.3. The van der Waals surface area contributed by atoms with Crippen molar-refractivity contribution in [1.29, 1.82) is 0 Å². The fourth-order valence-corrected chi connectivity index (χ4v) is 2.44. The molecule has 0 unspecified atom stereocenters. The zero-order valence-corrected chi connectivity index (χ0v) is 14.6. The van der Waals surface area contributed by atoms with Gasteiger partial charge in [-0.2, -0.15) is 0 Å². The first kappa shape index (κ1) is 17.6. The van der Waals surface area contributed by atoms with Crippen LogP contribution in [-0.4, -0.2) is 15.9 Å². The first-order valence-electron chi connectivity index (χ1n) is 8.41. The number of carbonyl (C=O) groups is 1. The number of aryl methyl sites for hydroxylation is 1. The topological polar surface area (TPSA) is 78.9 Å². The molecule has 0 aliphatic carbocycles. The van der Waals surface area contributed by atoms with Crippen molar-refractivity contribution in [3.8, 4) is 0 Å². The Bertz CT molecular complexity index is 853. The van der Waals surface area contributed by atoms with E-state index in [1.54, 1.807) is 6.92 Å². The molecule has 6 nitrogen and oxygen atoms in total. The van der Waals surface area contributed by atoms with E-state index in [1.165, 1.54) is 6.20 Å². The van der Waals surface area contributed by atoms with Gasteiger partial charge in [0.1, 0.15) is 0 Å². The van der Waals surface area contributed by atoms with E-state index in [9.17, 15) is 4.79 Å². The summed E-state index contributed by atoms with van der Waals surface area (Å²) in [4.78, 5) is 20.9. The van der Waals surface area contributed by atoms with Crippen molar-refractivity contribution >= 4 is 11.9 Å². The molecule has 3 rings (SSSR count). The third-order valence-electron chi connectivity index (χ3n) is 3.86. The minimum Gasteiger partial charge on any atom is -0.348 e. The first-order chi connectivity index (χ1) is 12.7. The van der Waals surface area contributed by atoms with Crippen molar-refractivity contribution in [2.24, 2.45) is 0 Å². The molecule has 0 fully saturated rings. The molecule has 0 saturated carbocycles. The van der Waals surface area contributed by atoms with E-state index < -0.39 is 0 Å². The van der Waals surface area contributed by atoms with Gasteiger partial charge in [0.15, 0.2) is 0 Å². The van der Waals surface area contributed by atoms with Crippen LogP contribution >= 0.6 is 0 Å². The minimum absolute atomic E-state index is 0.185. The lowest BCUT2D eigenvalue weighted by molar-refractivity contribution is 0.0949. The molecular weight excluding hydrogens is 326 g/mol. The summed E-state index contributed by atoms with van der Waals surface area (Å²) < 4.78 is 0. The predicted molar refractivity (Wildman–Crippen MR) is 101 cm³/mol. The van der Waals surface area contributed by atoms with Crippen LogP contribution in [0.3, 0.4) is 0 Å². The van der Waals surface area contributed by atoms with Crippen LogP contribution in [0, 0.1) is 6.92 Å². The lowest BCUT2D eigenvalue weighted by Gasteiger charge is -2.10. The third-order valence-corrected chi connectivity index (χ3v) is 3.86. The van der Waals surface area contributed by atoms with Gasteiger partial charge < -0.3 is 5.32 Å². The van der Waals surface area contributed by atoms with Gasteiger partial charge in [0.05, 0.1) is 11.3 Å². The fraction of sp³-hybridized carbons (Fsp3) is 0.150. The molecule has 0 saturated heterocycles. The summed E-state index contributed by atoms with van der Waals surface area (Å²) in [6.45, 7) is 2.90. The maximum atomic E-state index is 12.3. The number of amides is 1. The molecule has 0 aliphatic rings. The Labute approximate surface area is 152 Å². The second-order valence-corrected chi connectivity index (χ2v) is 5.83. The molecule has 3 aromatic rings. The van der Waals surface area contributed by atoms with Crippen molar-refractivity contribution in [3.05, 3.63) is 89.2 Å². The molecule has 2 aromatic carbocycles. The van der Waals surface area contributed by atoms with Crippen LogP contribution < -0.4 is 16.2 Å². The Balaban J connectivity index is 1.54. The van der Waals surface area contributed by atoms with E-state index in [0.29, 0.717) is 30.3 Å². The summed E-state index contributed by atoms with van der Waals surface area (Å²) in [6.07, 6.45) is 1.54. The standard InChI is InChI=1S/C20H21N5O/c1-15-18(19(26)21-12-16-8-4-2-5-9-16)14-22-20(24-15)25-23-13-17-10-6-3-7-11-17/h2-11,14,23H,12-13H2,1H3,(H,21,26)(H,22,24,25). The van der Waals surface area contributed by atoms with Crippen LogP contribution in [0.15, 0.2) is 66.9 Å². The summed E-state index contributed by atoms with van der Waals surface area (Å²) >= 11 is 0. The highest BCUT2D eigenvalue weighted by Gasteiger charge is 2.11. The molecule has 6 heteroatoms. The van der Waals surface area contributed by atoms with E-state index in [-0.39, 0.29) is 5.91 Å². The van der Waals surface area contributed by atoms with E-state index in [0.717, 1.165) is 11.1 Å². The van der Waals surface area contributed by atoms with Crippen molar-refractivity contribution in [2.45, 2.75) is 20.0 Å². The molecule has 3 N–H and O–H groups in total.